The third kappa shape index (κ3) is 2.74. The number of ether oxygens (including phenoxy) is 2. The summed E-state index contributed by atoms with van der Waals surface area (Å²) >= 11 is 0. The van der Waals surface area contributed by atoms with Gasteiger partial charge >= 0.3 is 0 Å². The largest absolute Gasteiger partial charge is 0.508 e. The molecule has 5 nitrogen and oxygen atoms in total. The number of nitrogens with one attached hydrogen (secondary N) is 1. The fourth-order valence-corrected chi connectivity index (χ4v) is 2.02. The van der Waals surface area contributed by atoms with Crippen molar-refractivity contribution in [1.82, 2.24) is 5.32 Å². The zero-order chi connectivity index (χ0) is 14.8. The molecule has 0 saturated carbocycles. The molecule has 3 rings (SSSR count). The molecule has 1 aliphatic rings. The van der Waals surface area contributed by atoms with Gasteiger partial charge in [0.1, 0.15) is 11.6 Å². The Kier molecular flexibility index (Phi) is 3.35. The van der Waals surface area contributed by atoms with Gasteiger partial charge < -0.3 is 19.9 Å². The molecule has 0 spiro atoms. The highest BCUT2D eigenvalue weighted by Crippen LogP contribution is 2.32. The van der Waals surface area contributed by atoms with E-state index in [2.05, 4.69) is 5.32 Å². The number of benzene rings is 2. The molecule has 0 bridgehead atoms. The average Bonchev–Trinajstić information content (AvgIpc) is 2.92. The molecule has 2 aromatic carbocycles. The lowest BCUT2D eigenvalue weighted by molar-refractivity contribution is 0.0946. The van der Waals surface area contributed by atoms with Gasteiger partial charge in [-0.05, 0) is 29.8 Å². The molecule has 2 N–H and O–H groups in total. The monoisotopic (exact) mass is 289 g/mol. The molecule has 1 amide bonds. The van der Waals surface area contributed by atoms with Crippen molar-refractivity contribution in [2.24, 2.45) is 0 Å². The van der Waals surface area contributed by atoms with E-state index < -0.39 is 11.7 Å². The number of carbonyl (C=O) groups is 1. The Hall–Kier alpha value is -2.76. The van der Waals surface area contributed by atoms with E-state index >= 15 is 0 Å². The van der Waals surface area contributed by atoms with Crippen LogP contribution < -0.4 is 14.8 Å². The molecule has 0 atom stereocenters. The van der Waals surface area contributed by atoms with E-state index in [1.807, 2.05) is 0 Å². The first-order valence-electron chi connectivity index (χ1n) is 6.29. The third-order valence-corrected chi connectivity index (χ3v) is 3.09. The zero-order valence-electron chi connectivity index (χ0n) is 10.9. The number of amides is 1. The normalized spacial score (nSPS) is 12.2. The molecule has 6 heteroatoms. The summed E-state index contributed by atoms with van der Waals surface area (Å²) in [6.07, 6.45) is 0. The molecule has 0 fully saturated rings. The second-order valence-electron chi connectivity index (χ2n) is 4.53. The lowest BCUT2D eigenvalue weighted by atomic mass is 10.1. The fraction of sp³-hybridized carbons (Fsp3) is 0.133. The maximum Gasteiger partial charge on any atom is 0.254 e. The number of carbonyl (C=O) groups excluding carboxylic acids is 1. The highest BCUT2D eigenvalue weighted by atomic mass is 19.1. The Labute approximate surface area is 119 Å². The molecule has 0 unspecified atom stereocenters. The number of rotatable bonds is 3. The number of fused-ring (bicyclic) bond motifs is 1. The third-order valence-electron chi connectivity index (χ3n) is 3.09. The summed E-state index contributed by atoms with van der Waals surface area (Å²) in [6.45, 7) is 0.416. The number of halogens is 1. The summed E-state index contributed by atoms with van der Waals surface area (Å²) in [4.78, 5) is 11.9. The van der Waals surface area contributed by atoms with Crippen LogP contribution >= 0.6 is 0 Å². The fourth-order valence-electron chi connectivity index (χ4n) is 2.02. The van der Waals surface area contributed by atoms with Crippen LogP contribution in [0.25, 0.3) is 0 Å². The quantitative estimate of drug-likeness (QED) is 0.909. The van der Waals surface area contributed by atoms with E-state index in [-0.39, 0.29) is 24.7 Å². The van der Waals surface area contributed by atoms with Crippen LogP contribution in [0.5, 0.6) is 17.2 Å². The predicted molar refractivity (Wildman–Crippen MR) is 71.8 cm³/mol. The Morgan fingerprint density at radius 3 is 2.81 bits per heavy atom. The Balaban J connectivity index is 1.68. The van der Waals surface area contributed by atoms with Crippen LogP contribution in [0.2, 0.25) is 0 Å². The summed E-state index contributed by atoms with van der Waals surface area (Å²) in [6, 6.07) is 8.70. The molecular weight excluding hydrogens is 277 g/mol. The molecule has 1 aliphatic heterocycles. The van der Waals surface area contributed by atoms with E-state index in [9.17, 15) is 9.18 Å². The van der Waals surface area contributed by atoms with Crippen LogP contribution in [0.4, 0.5) is 4.39 Å². The standard InChI is InChI=1S/C15H12FNO4/c16-12-6-10(18)2-3-11(12)15(19)17-7-9-1-4-13-14(5-9)21-8-20-13/h1-6,18H,7-8H2,(H,17,19). The summed E-state index contributed by atoms with van der Waals surface area (Å²) < 4.78 is 24.0. The van der Waals surface area contributed by atoms with Crippen molar-refractivity contribution in [3.8, 4) is 17.2 Å². The van der Waals surface area contributed by atoms with E-state index in [0.717, 1.165) is 11.6 Å². The van der Waals surface area contributed by atoms with Crippen LogP contribution in [0.15, 0.2) is 36.4 Å². The molecule has 0 radical (unpaired) electrons. The Bertz CT molecular complexity index is 702. The van der Waals surface area contributed by atoms with Gasteiger partial charge in [-0.1, -0.05) is 6.07 Å². The predicted octanol–water partition coefficient (Wildman–Crippen LogP) is 2.19. The van der Waals surface area contributed by atoms with Crippen molar-refractivity contribution >= 4 is 5.91 Å². The smallest absolute Gasteiger partial charge is 0.254 e. The molecule has 21 heavy (non-hydrogen) atoms. The van der Waals surface area contributed by atoms with Crippen molar-refractivity contribution < 1.29 is 23.8 Å². The number of phenolic OH excluding ortho intramolecular Hbond substituents is 1. The minimum absolute atomic E-state index is 0.117. The minimum atomic E-state index is -0.766. The maximum atomic E-state index is 13.5. The second kappa shape index (κ2) is 5.32. The van der Waals surface area contributed by atoms with Crippen molar-refractivity contribution in [2.75, 3.05) is 6.79 Å². The highest BCUT2D eigenvalue weighted by molar-refractivity contribution is 5.94. The summed E-state index contributed by atoms with van der Waals surface area (Å²) in [5.74, 6) is -0.254. The number of phenols is 1. The molecule has 2 aromatic rings. The van der Waals surface area contributed by atoms with Gasteiger partial charge in [-0.2, -0.15) is 0 Å². The summed E-state index contributed by atoms with van der Waals surface area (Å²) in [5.41, 5.74) is 0.695. The summed E-state index contributed by atoms with van der Waals surface area (Å²) in [7, 11) is 0. The lowest BCUT2D eigenvalue weighted by Gasteiger charge is -2.07. The van der Waals surface area contributed by atoms with E-state index in [1.54, 1.807) is 18.2 Å². The van der Waals surface area contributed by atoms with Crippen molar-refractivity contribution in [1.29, 1.82) is 0 Å². The lowest BCUT2D eigenvalue weighted by Crippen LogP contribution is -2.23. The molecule has 0 aliphatic carbocycles. The molecule has 0 aromatic heterocycles. The van der Waals surface area contributed by atoms with Crippen LogP contribution in [0, 0.1) is 5.82 Å². The van der Waals surface area contributed by atoms with Crippen LogP contribution in [0.1, 0.15) is 15.9 Å². The van der Waals surface area contributed by atoms with Gasteiger partial charge in [-0.25, -0.2) is 4.39 Å². The van der Waals surface area contributed by atoms with Gasteiger partial charge in [0.05, 0.1) is 5.56 Å². The first-order chi connectivity index (χ1) is 10.1. The zero-order valence-corrected chi connectivity index (χ0v) is 10.9. The highest BCUT2D eigenvalue weighted by Gasteiger charge is 2.15. The van der Waals surface area contributed by atoms with Crippen molar-refractivity contribution in [3.63, 3.8) is 0 Å². The van der Waals surface area contributed by atoms with Gasteiger partial charge in [0.15, 0.2) is 11.5 Å². The number of hydrogen-bond donors (Lipinski definition) is 2. The van der Waals surface area contributed by atoms with E-state index in [1.165, 1.54) is 12.1 Å². The van der Waals surface area contributed by atoms with Crippen molar-refractivity contribution in [2.45, 2.75) is 6.54 Å². The second-order valence-corrected chi connectivity index (χ2v) is 4.53. The topological polar surface area (TPSA) is 67.8 Å². The van der Waals surface area contributed by atoms with Gasteiger partial charge in [0.25, 0.3) is 5.91 Å². The van der Waals surface area contributed by atoms with Crippen molar-refractivity contribution in [3.05, 3.63) is 53.3 Å². The SMILES string of the molecule is O=C(NCc1ccc2c(c1)OCO2)c1ccc(O)cc1F. The molecule has 0 saturated heterocycles. The van der Waals surface area contributed by atoms with Gasteiger partial charge in [-0.15, -0.1) is 0 Å². The Morgan fingerprint density at radius 2 is 2.00 bits per heavy atom. The van der Waals surface area contributed by atoms with Gasteiger partial charge in [0.2, 0.25) is 6.79 Å². The van der Waals surface area contributed by atoms with Gasteiger partial charge in [-0.3, -0.25) is 4.79 Å². The van der Waals surface area contributed by atoms with Crippen LogP contribution in [-0.4, -0.2) is 17.8 Å². The van der Waals surface area contributed by atoms with E-state index in [4.69, 9.17) is 14.6 Å². The number of hydrogen-bond acceptors (Lipinski definition) is 4. The molecular formula is C15H12FNO4. The van der Waals surface area contributed by atoms with Crippen LogP contribution in [0.3, 0.4) is 0 Å². The number of aromatic hydroxyl groups is 1. The summed E-state index contributed by atoms with van der Waals surface area (Å²) in [5, 5.41) is 11.7. The van der Waals surface area contributed by atoms with Gasteiger partial charge in [0, 0.05) is 12.6 Å². The molecule has 1 heterocycles. The minimum Gasteiger partial charge on any atom is -0.508 e. The van der Waals surface area contributed by atoms with Crippen LogP contribution in [-0.2, 0) is 6.54 Å². The molecule has 108 valence electrons. The first-order valence-corrected chi connectivity index (χ1v) is 6.29. The van der Waals surface area contributed by atoms with E-state index in [0.29, 0.717) is 11.5 Å². The Morgan fingerprint density at radius 1 is 1.19 bits per heavy atom. The maximum absolute atomic E-state index is 13.5. The first kappa shape index (κ1) is 13.2. The average molecular weight is 289 g/mol.